The van der Waals surface area contributed by atoms with Gasteiger partial charge in [0.05, 0.1) is 0 Å². The summed E-state index contributed by atoms with van der Waals surface area (Å²) in [6.45, 7) is -0.341. The van der Waals surface area contributed by atoms with Gasteiger partial charge in [0.25, 0.3) is 0 Å². The zero-order valence-corrected chi connectivity index (χ0v) is 12.7. The summed E-state index contributed by atoms with van der Waals surface area (Å²) in [4.78, 5) is 23.2. The first-order chi connectivity index (χ1) is 10.2. The first-order valence-corrected chi connectivity index (χ1v) is 8.21. The van der Waals surface area contributed by atoms with Crippen molar-refractivity contribution in [2.45, 2.75) is 76.4 Å². The van der Waals surface area contributed by atoms with Gasteiger partial charge in [0, 0.05) is 0 Å². The molecule has 2 saturated carbocycles. The molecule has 120 valence electrons. The summed E-state index contributed by atoms with van der Waals surface area (Å²) in [5.41, 5.74) is 0. The summed E-state index contributed by atoms with van der Waals surface area (Å²) in [5, 5.41) is 0. The molecule has 0 aliphatic heterocycles. The van der Waals surface area contributed by atoms with Crippen molar-refractivity contribution in [3.63, 3.8) is 0 Å². The van der Waals surface area contributed by atoms with Crippen molar-refractivity contribution in [1.29, 1.82) is 0 Å². The molecule has 0 heterocycles. The molecule has 5 nitrogen and oxygen atoms in total. The summed E-state index contributed by atoms with van der Waals surface area (Å²) >= 11 is 0. The van der Waals surface area contributed by atoms with Gasteiger partial charge >= 0.3 is 11.9 Å². The van der Waals surface area contributed by atoms with Crippen molar-refractivity contribution < 1.29 is 23.8 Å². The molecule has 2 rings (SSSR count). The molecule has 0 atom stereocenters. The van der Waals surface area contributed by atoms with E-state index in [9.17, 15) is 9.59 Å². The Balaban J connectivity index is 1.53. The van der Waals surface area contributed by atoms with Gasteiger partial charge in [-0.25, -0.2) is 9.59 Å². The van der Waals surface area contributed by atoms with Crippen molar-refractivity contribution in [2.75, 3.05) is 13.2 Å². The lowest BCUT2D eigenvalue weighted by atomic mass is 9.98. The number of hydrogen-bond acceptors (Lipinski definition) is 5. The number of carbonyl (C=O) groups is 2. The van der Waals surface area contributed by atoms with Crippen LogP contribution < -0.4 is 0 Å². The largest absolute Gasteiger partial charge is 0.461 e. The van der Waals surface area contributed by atoms with Crippen molar-refractivity contribution in [3.05, 3.63) is 0 Å². The molecule has 21 heavy (non-hydrogen) atoms. The summed E-state index contributed by atoms with van der Waals surface area (Å²) in [6.07, 6.45) is 10.7. The van der Waals surface area contributed by atoms with E-state index in [2.05, 4.69) is 0 Å². The third-order valence-corrected chi connectivity index (χ3v) is 4.14. The Morgan fingerprint density at radius 1 is 0.667 bits per heavy atom. The molecule has 0 aromatic rings. The maximum atomic E-state index is 11.6. The van der Waals surface area contributed by atoms with Gasteiger partial charge in [-0.1, -0.05) is 12.8 Å². The fourth-order valence-electron chi connectivity index (χ4n) is 3.02. The van der Waals surface area contributed by atoms with Gasteiger partial charge in [0.15, 0.2) is 0 Å². The standard InChI is InChI=1S/C16H26O5/c17-15(20-13-7-3-1-4-8-13)11-19-12-16(18)21-14-9-5-2-6-10-14/h13-14H,1-12H2. The second-order valence-corrected chi connectivity index (χ2v) is 5.99. The molecule has 0 spiro atoms. The smallest absolute Gasteiger partial charge is 0.332 e. The number of rotatable bonds is 6. The van der Waals surface area contributed by atoms with Crippen molar-refractivity contribution in [1.82, 2.24) is 0 Å². The molecule has 0 bridgehead atoms. The van der Waals surface area contributed by atoms with Crippen molar-refractivity contribution in [3.8, 4) is 0 Å². The number of carbonyl (C=O) groups excluding carboxylic acids is 2. The van der Waals surface area contributed by atoms with Crippen LogP contribution in [-0.4, -0.2) is 37.4 Å². The van der Waals surface area contributed by atoms with Gasteiger partial charge in [-0.3, -0.25) is 0 Å². The summed E-state index contributed by atoms with van der Waals surface area (Å²) in [6, 6.07) is 0. The summed E-state index contributed by atoms with van der Waals surface area (Å²) in [5.74, 6) is -0.764. The zero-order valence-electron chi connectivity index (χ0n) is 12.7. The van der Waals surface area contributed by atoms with Crippen molar-refractivity contribution >= 4 is 11.9 Å². The lowest BCUT2D eigenvalue weighted by Crippen LogP contribution is -2.27. The fourth-order valence-corrected chi connectivity index (χ4v) is 3.02. The predicted octanol–water partition coefficient (Wildman–Crippen LogP) is 2.75. The van der Waals surface area contributed by atoms with Crippen LogP contribution in [0.15, 0.2) is 0 Å². The topological polar surface area (TPSA) is 61.8 Å². The average molecular weight is 298 g/mol. The van der Waals surface area contributed by atoms with Crippen LogP contribution in [0.4, 0.5) is 0 Å². The number of ether oxygens (including phenoxy) is 3. The first-order valence-electron chi connectivity index (χ1n) is 8.21. The lowest BCUT2D eigenvalue weighted by molar-refractivity contribution is -0.162. The van der Waals surface area contributed by atoms with Gasteiger partial charge in [-0.05, 0) is 51.4 Å². The van der Waals surface area contributed by atoms with Gasteiger partial charge in [0.1, 0.15) is 25.4 Å². The van der Waals surface area contributed by atoms with E-state index >= 15 is 0 Å². The van der Waals surface area contributed by atoms with E-state index in [1.165, 1.54) is 12.8 Å². The van der Waals surface area contributed by atoms with Crippen LogP contribution in [0, 0.1) is 0 Å². The van der Waals surface area contributed by atoms with Gasteiger partial charge in [-0.15, -0.1) is 0 Å². The Morgan fingerprint density at radius 3 is 1.43 bits per heavy atom. The number of hydrogen-bond donors (Lipinski definition) is 0. The third-order valence-electron chi connectivity index (χ3n) is 4.14. The van der Waals surface area contributed by atoms with Crippen LogP contribution in [0.25, 0.3) is 0 Å². The van der Waals surface area contributed by atoms with E-state index in [0.717, 1.165) is 51.4 Å². The molecule has 0 unspecified atom stereocenters. The molecule has 5 heteroatoms. The van der Waals surface area contributed by atoms with E-state index in [1.807, 2.05) is 0 Å². The minimum absolute atomic E-state index is 0.0315. The second kappa shape index (κ2) is 9.03. The van der Waals surface area contributed by atoms with E-state index < -0.39 is 0 Å². The molecular weight excluding hydrogens is 272 g/mol. The monoisotopic (exact) mass is 298 g/mol. The Kier molecular flexibility index (Phi) is 7.00. The average Bonchev–Trinajstić information content (AvgIpc) is 2.49. The highest BCUT2D eigenvalue weighted by Crippen LogP contribution is 2.21. The molecular formula is C16H26O5. The SMILES string of the molecule is O=C(COCC(=O)OC1CCCCC1)OC1CCCCC1. The zero-order chi connectivity index (χ0) is 14.9. The summed E-state index contributed by atoms with van der Waals surface area (Å²) in [7, 11) is 0. The minimum atomic E-state index is -0.382. The molecule has 0 aromatic carbocycles. The highest BCUT2D eigenvalue weighted by atomic mass is 16.6. The third kappa shape index (κ3) is 6.46. The molecule has 0 radical (unpaired) electrons. The normalized spacial score (nSPS) is 21.0. The van der Waals surface area contributed by atoms with Crippen LogP contribution in [-0.2, 0) is 23.8 Å². The molecule has 2 aliphatic rings. The van der Waals surface area contributed by atoms with Crippen LogP contribution in [0.3, 0.4) is 0 Å². The van der Waals surface area contributed by atoms with Crippen LogP contribution >= 0.6 is 0 Å². The van der Waals surface area contributed by atoms with E-state index in [0.29, 0.717) is 0 Å². The Labute approximate surface area is 126 Å². The molecule has 0 saturated heterocycles. The van der Waals surface area contributed by atoms with Crippen LogP contribution in [0.1, 0.15) is 64.2 Å². The second-order valence-electron chi connectivity index (χ2n) is 5.99. The molecule has 0 N–H and O–H groups in total. The van der Waals surface area contributed by atoms with Gasteiger partial charge in [-0.2, -0.15) is 0 Å². The maximum absolute atomic E-state index is 11.6. The molecule has 2 fully saturated rings. The van der Waals surface area contributed by atoms with Gasteiger partial charge < -0.3 is 14.2 Å². The van der Waals surface area contributed by atoms with E-state index in [1.54, 1.807) is 0 Å². The maximum Gasteiger partial charge on any atom is 0.332 e. The summed E-state index contributed by atoms with van der Waals surface area (Å²) < 4.78 is 15.7. The first kappa shape index (κ1) is 16.3. The van der Waals surface area contributed by atoms with Crippen LogP contribution in [0.2, 0.25) is 0 Å². The van der Waals surface area contributed by atoms with Crippen LogP contribution in [0.5, 0.6) is 0 Å². The minimum Gasteiger partial charge on any atom is -0.461 e. The Morgan fingerprint density at radius 2 is 1.05 bits per heavy atom. The fraction of sp³-hybridized carbons (Fsp3) is 0.875. The quantitative estimate of drug-likeness (QED) is 0.706. The Hall–Kier alpha value is -1.10. The highest BCUT2D eigenvalue weighted by molar-refractivity contribution is 5.73. The highest BCUT2D eigenvalue weighted by Gasteiger charge is 2.19. The van der Waals surface area contributed by atoms with E-state index in [-0.39, 0.29) is 37.4 Å². The molecule has 0 amide bonds. The Bertz CT molecular complexity index is 298. The van der Waals surface area contributed by atoms with Gasteiger partial charge in [0.2, 0.25) is 0 Å². The number of esters is 2. The predicted molar refractivity (Wildman–Crippen MR) is 76.7 cm³/mol. The van der Waals surface area contributed by atoms with E-state index in [4.69, 9.17) is 14.2 Å². The molecule has 0 aromatic heterocycles. The molecule has 2 aliphatic carbocycles. The lowest BCUT2D eigenvalue weighted by Gasteiger charge is -2.22. The van der Waals surface area contributed by atoms with Crippen molar-refractivity contribution in [2.24, 2.45) is 0 Å².